The largest absolute Gasteiger partial charge is 0.497 e. The predicted molar refractivity (Wildman–Crippen MR) is 97.8 cm³/mol. The van der Waals surface area contributed by atoms with Crippen LogP contribution < -0.4 is 4.74 Å². The summed E-state index contributed by atoms with van der Waals surface area (Å²) in [6.45, 7) is 10.1. The summed E-state index contributed by atoms with van der Waals surface area (Å²) < 4.78 is 16.1. The van der Waals surface area contributed by atoms with Crippen LogP contribution in [0.4, 0.5) is 4.79 Å². The van der Waals surface area contributed by atoms with E-state index in [2.05, 4.69) is 6.58 Å². The number of rotatable bonds is 8. The molecule has 1 heterocycles. The Hall–Kier alpha value is -2.34. The van der Waals surface area contributed by atoms with Gasteiger partial charge in [0.15, 0.2) is 0 Å². The van der Waals surface area contributed by atoms with Crippen molar-refractivity contribution in [2.45, 2.75) is 45.9 Å². The van der Waals surface area contributed by atoms with E-state index in [0.29, 0.717) is 6.42 Å². The number of cyclic esters (lactones) is 1. The Morgan fingerprint density at radius 3 is 2.54 bits per heavy atom. The molecule has 0 unspecified atom stereocenters. The van der Waals surface area contributed by atoms with E-state index in [1.165, 1.54) is 4.90 Å². The molecule has 1 aromatic carbocycles. The highest BCUT2D eigenvalue weighted by molar-refractivity contribution is 5.96. The molecule has 1 aromatic rings. The summed E-state index contributed by atoms with van der Waals surface area (Å²) >= 11 is 0. The third kappa shape index (κ3) is 4.85. The first-order valence-corrected chi connectivity index (χ1v) is 8.72. The van der Waals surface area contributed by atoms with Gasteiger partial charge in [-0.3, -0.25) is 4.79 Å². The van der Waals surface area contributed by atoms with E-state index < -0.39 is 12.2 Å². The van der Waals surface area contributed by atoms with Crippen molar-refractivity contribution in [2.24, 2.45) is 5.92 Å². The number of hydrogen-bond donors (Lipinski definition) is 0. The SMILES string of the molecule is C=C(C)C[C@H](OCc1ccc(OC)cc1)C(=O)N1C(=O)OC[C@H]1C(C)C. The topological polar surface area (TPSA) is 65.1 Å². The van der Waals surface area contributed by atoms with Crippen LogP contribution in [0.5, 0.6) is 5.75 Å². The summed E-state index contributed by atoms with van der Waals surface area (Å²) in [6.07, 6.45) is -1.03. The molecule has 6 nitrogen and oxygen atoms in total. The van der Waals surface area contributed by atoms with Crippen LogP contribution in [0.2, 0.25) is 0 Å². The number of methoxy groups -OCH3 is 1. The number of carbonyl (C=O) groups is 2. The number of amides is 2. The predicted octanol–water partition coefficient (Wildman–Crippen LogP) is 3.55. The minimum atomic E-state index is -0.776. The van der Waals surface area contributed by atoms with Gasteiger partial charge >= 0.3 is 6.09 Å². The molecule has 1 fully saturated rings. The van der Waals surface area contributed by atoms with Gasteiger partial charge in [-0.15, -0.1) is 6.58 Å². The van der Waals surface area contributed by atoms with Gasteiger partial charge in [0.05, 0.1) is 19.8 Å². The van der Waals surface area contributed by atoms with Crippen molar-refractivity contribution in [3.63, 3.8) is 0 Å². The molecule has 0 N–H and O–H groups in total. The second-order valence-corrected chi connectivity index (χ2v) is 6.91. The van der Waals surface area contributed by atoms with Gasteiger partial charge in [0, 0.05) is 6.42 Å². The Balaban J connectivity index is 2.11. The highest BCUT2D eigenvalue weighted by atomic mass is 16.6. The molecule has 0 radical (unpaired) electrons. The molecule has 0 aromatic heterocycles. The molecular formula is C20H27NO5. The number of carbonyl (C=O) groups excluding carboxylic acids is 2. The average Bonchev–Trinajstić information content (AvgIpc) is 3.00. The van der Waals surface area contributed by atoms with Crippen molar-refractivity contribution in [2.75, 3.05) is 13.7 Å². The average molecular weight is 361 g/mol. The van der Waals surface area contributed by atoms with Crippen LogP contribution in [0, 0.1) is 5.92 Å². The van der Waals surface area contributed by atoms with Crippen molar-refractivity contribution in [3.8, 4) is 5.75 Å². The standard InChI is InChI=1S/C20H27NO5/c1-13(2)10-18(25-11-15-6-8-16(24-5)9-7-15)19(22)21-17(14(3)4)12-26-20(21)23/h6-9,14,17-18H,1,10-12H2,2-5H3/t17-,18-/m0/s1. The molecule has 26 heavy (non-hydrogen) atoms. The van der Waals surface area contributed by atoms with Crippen LogP contribution in [-0.4, -0.2) is 42.8 Å². The molecule has 0 bridgehead atoms. The summed E-state index contributed by atoms with van der Waals surface area (Å²) in [7, 11) is 1.60. The Morgan fingerprint density at radius 2 is 2.00 bits per heavy atom. The lowest BCUT2D eigenvalue weighted by Crippen LogP contribution is -2.47. The maximum atomic E-state index is 13.0. The van der Waals surface area contributed by atoms with Gasteiger partial charge in [-0.05, 0) is 30.5 Å². The number of ether oxygens (including phenoxy) is 3. The fourth-order valence-corrected chi connectivity index (χ4v) is 2.79. The van der Waals surface area contributed by atoms with Crippen LogP contribution in [0.25, 0.3) is 0 Å². The van der Waals surface area contributed by atoms with E-state index >= 15 is 0 Å². The van der Waals surface area contributed by atoms with Gasteiger partial charge in [0.2, 0.25) is 0 Å². The zero-order valence-electron chi connectivity index (χ0n) is 15.9. The smallest absolute Gasteiger partial charge is 0.417 e. The lowest BCUT2D eigenvalue weighted by molar-refractivity contribution is -0.143. The van der Waals surface area contributed by atoms with Crippen LogP contribution in [0.1, 0.15) is 32.8 Å². The summed E-state index contributed by atoms with van der Waals surface area (Å²) in [4.78, 5) is 26.2. The van der Waals surface area contributed by atoms with E-state index in [-0.39, 0.29) is 31.1 Å². The second kappa shape index (κ2) is 8.85. The molecule has 2 amide bonds. The highest BCUT2D eigenvalue weighted by Crippen LogP contribution is 2.23. The molecule has 2 rings (SSSR count). The number of hydrogen-bond acceptors (Lipinski definition) is 5. The third-order valence-corrected chi connectivity index (χ3v) is 4.33. The molecule has 0 aliphatic carbocycles. The van der Waals surface area contributed by atoms with E-state index in [1.807, 2.05) is 45.0 Å². The van der Waals surface area contributed by atoms with Crippen LogP contribution >= 0.6 is 0 Å². The van der Waals surface area contributed by atoms with E-state index in [0.717, 1.165) is 16.9 Å². The zero-order valence-corrected chi connectivity index (χ0v) is 15.9. The molecule has 1 aliphatic heterocycles. The first kappa shape index (κ1) is 20.0. The monoisotopic (exact) mass is 361 g/mol. The van der Waals surface area contributed by atoms with Crippen molar-refractivity contribution >= 4 is 12.0 Å². The number of benzene rings is 1. The molecule has 6 heteroatoms. The third-order valence-electron chi connectivity index (χ3n) is 4.33. The first-order chi connectivity index (χ1) is 12.3. The van der Waals surface area contributed by atoms with Gasteiger partial charge in [-0.25, -0.2) is 9.69 Å². The molecule has 142 valence electrons. The normalized spacial score (nSPS) is 18.0. The van der Waals surface area contributed by atoms with E-state index in [9.17, 15) is 9.59 Å². The van der Waals surface area contributed by atoms with Crippen LogP contribution in [0.3, 0.4) is 0 Å². The quantitative estimate of drug-likeness (QED) is 0.663. The Kier molecular flexibility index (Phi) is 6.80. The molecule has 0 spiro atoms. The van der Waals surface area contributed by atoms with Crippen LogP contribution in [-0.2, 0) is 20.9 Å². The van der Waals surface area contributed by atoms with Gasteiger partial charge in [-0.1, -0.05) is 31.6 Å². The Labute approximate surface area is 154 Å². The Bertz CT molecular complexity index is 653. The van der Waals surface area contributed by atoms with Gasteiger partial charge in [-0.2, -0.15) is 0 Å². The summed E-state index contributed by atoms with van der Waals surface area (Å²) in [5.74, 6) is 0.489. The molecule has 2 atom stereocenters. The molecule has 1 aliphatic rings. The van der Waals surface area contributed by atoms with Gasteiger partial charge in [0.1, 0.15) is 18.5 Å². The summed E-state index contributed by atoms with van der Waals surface area (Å²) in [5.41, 5.74) is 1.72. The minimum Gasteiger partial charge on any atom is -0.497 e. The molecular weight excluding hydrogens is 334 g/mol. The lowest BCUT2D eigenvalue weighted by atomic mass is 10.0. The van der Waals surface area contributed by atoms with Crippen LogP contribution in [0.15, 0.2) is 36.4 Å². The Morgan fingerprint density at radius 1 is 1.35 bits per heavy atom. The maximum Gasteiger partial charge on any atom is 0.417 e. The first-order valence-electron chi connectivity index (χ1n) is 8.72. The summed E-state index contributed by atoms with van der Waals surface area (Å²) in [6, 6.07) is 7.15. The number of imide groups is 1. The van der Waals surface area contributed by atoms with Crippen molar-refractivity contribution in [1.82, 2.24) is 4.90 Å². The van der Waals surface area contributed by atoms with Gasteiger partial charge < -0.3 is 14.2 Å². The fourth-order valence-electron chi connectivity index (χ4n) is 2.79. The van der Waals surface area contributed by atoms with Gasteiger partial charge in [0.25, 0.3) is 5.91 Å². The zero-order chi connectivity index (χ0) is 19.3. The lowest BCUT2D eigenvalue weighted by Gasteiger charge is -2.27. The van der Waals surface area contributed by atoms with Crippen molar-refractivity contribution in [3.05, 3.63) is 42.0 Å². The molecule has 0 saturated carbocycles. The highest BCUT2D eigenvalue weighted by Gasteiger charge is 2.42. The fraction of sp³-hybridized carbons (Fsp3) is 0.500. The van der Waals surface area contributed by atoms with Crippen molar-refractivity contribution < 1.29 is 23.8 Å². The summed E-state index contributed by atoms with van der Waals surface area (Å²) in [5, 5.41) is 0. The maximum absolute atomic E-state index is 13.0. The second-order valence-electron chi connectivity index (χ2n) is 6.91. The van der Waals surface area contributed by atoms with E-state index in [1.54, 1.807) is 7.11 Å². The van der Waals surface area contributed by atoms with Crippen molar-refractivity contribution in [1.29, 1.82) is 0 Å². The minimum absolute atomic E-state index is 0.109. The number of nitrogens with zero attached hydrogens (tertiary/aromatic N) is 1. The molecule has 1 saturated heterocycles. The van der Waals surface area contributed by atoms with E-state index in [4.69, 9.17) is 14.2 Å².